The molecular formula is C18H20FN. The fraction of sp³-hybridized carbons (Fsp3) is 0.333. The van der Waals surface area contributed by atoms with E-state index in [-0.39, 0.29) is 11.9 Å². The molecule has 0 saturated heterocycles. The van der Waals surface area contributed by atoms with E-state index in [4.69, 9.17) is 0 Å². The normalized spacial score (nSPS) is 18.9. The van der Waals surface area contributed by atoms with Gasteiger partial charge in [-0.1, -0.05) is 36.4 Å². The summed E-state index contributed by atoms with van der Waals surface area (Å²) in [5, 5.41) is 3.38. The number of halogens is 1. The molecule has 1 aliphatic carbocycles. The van der Waals surface area contributed by atoms with Gasteiger partial charge < -0.3 is 5.32 Å². The van der Waals surface area contributed by atoms with Crippen molar-refractivity contribution in [2.45, 2.75) is 31.7 Å². The molecule has 1 aliphatic rings. The minimum atomic E-state index is -0.117. The highest BCUT2D eigenvalue weighted by Crippen LogP contribution is 2.41. The maximum Gasteiger partial charge on any atom is 0.126 e. The molecule has 2 unspecified atom stereocenters. The number of benzene rings is 2. The SMILES string of the molecule is CNC(c1ccc(C)c(F)c1)C1CCc2ccccc21. The Morgan fingerprint density at radius 2 is 2.00 bits per heavy atom. The average Bonchev–Trinajstić information content (AvgIpc) is 2.88. The number of likely N-dealkylation sites (N-methyl/N-ethyl adjacent to an activating group) is 1. The third kappa shape index (κ3) is 2.25. The fourth-order valence-electron chi connectivity index (χ4n) is 3.34. The van der Waals surface area contributed by atoms with Crippen LogP contribution >= 0.6 is 0 Å². The van der Waals surface area contributed by atoms with Gasteiger partial charge in [-0.15, -0.1) is 0 Å². The highest BCUT2D eigenvalue weighted by molar-refractivity contribution is 5.38. The van der Waals surface area contributed by atoms with E-state index in [9.17, 15) is 4.39 Å². The second kappa shape index (κ2) is 5.37. The zero-order valence-corrected chi connectivity index (χ0v) is 12.0. The predicted octanol–water partition coefficient (Wildman–Crippen LogP) is 4.12. The highest BCUT2D eigenvalue weighted by Gasteiger charge is 2.29. The van der Waals surface area contributed by atoms with E-state index < -0.39 is 0 Å². The first-order valence-corrected chi connectivity index (χ1v) is 7.22. The first-order chi connectivity index (χ1) is 9.70. The van der Waals surface area contributed by atoms with Crippen molar-refractivity contribution in [3.63, 3.8) is 0 Å². The van der Waals surface area contributed by atoms with Crippen molar-refractivity contribution >= 4 is 0 Å². The maximum absolute atomic E-state index is 13.8. The van der Waals surface area contributed by atoms with Crippen LogP contribution in [0.4, 0.5) is 4.39 Å². The molecule has 20 heavy (non-hydrogen) atoms. The van der Waals surface area contributed by atoms with Gasteiger partial charge in [0.1, 0.15) is 5.82 Å². The Labute approximate surface area is 119 Å². The summed E-state index contributed by atoms with van der Waals surface area (Å²) in [5.74, 6) is 0.312. The Hall–Kier alpha value is -1.67. The van der Waals surface area contributed by atoms with Crippen LogP contribution in [0.5, 0.6) is 0 Å². The minimum absolute atomic E-state index is 0.117. The molecule has 0 fully saturated rings. The molecule has 104 valence electrons. The third-order valence-electron chi connectivity index (χ3n) is 4.45. The van der Waals surface area contributed by atoms with E-state index in [1.54, 1.807) is 13.0 Å². The number of rotatable bonds is 3. The summed E-state index contributed by atoms with van der Waals surface area (Å²) in [6.45, 7) is 1.80. The van der Waals surface area contributed by atoms with Gasteiger partial charge in [-0.2, -0.15) is 0 Å². The lowest BCUT2D eigenvalue weighted by Gasteiger charge is -2.25. The zero-order valence-electron chi connectivity index (χ0n) is 12.0. The molecule has 3 rings (SSSR count). The molecule has 2 aromatic rings. The van der Waals surface area contributed by atoms with Gasteiger partial charge in [-0.3, -0.25) is 0 Å². The van der Waals surface area contributed by atoms with Gasteiger partial charge in [0.25, 0.3) is 0 Å². The molecule has 1 nitrogen and oxygen atoms in total. The summed E-state index contributed by atoms with van der Waals surface area (Å²) >= 11 is 0. The first kappa shape index (κ1) is 13.3. The van der Waals surface area contributed by atoms with Crippen LogP contribution in [0.1, 0.15) is 40.6 Å². The van der Waals surface area contributed by atoms with E-state index in [1.165, 1.54) is 11.1 Å². The van der Waals surface area contributed by atoms with E-state index in [0.717, 1.165) is 18.4 Å². The van der Waals surface area contributed by atoms with Gasteiger partial charge in [0.05, 0.1) is 0 Å². The predicted molar refractivity (Wildman–Crippen MR) is 80.4 cm³/mol. The van der Waals surface area contributed by atoms with Crippen LogP contribution in [-0.4, -0.2) is 7.05 Å². The smallest absolute Gasteiger partial charge is 0.126 e. The van der Waals surface area contributed by atoms with Crippen LogP contribution in [-0.2, 0) is 6.42 Å². The number of fused-ring (bicyclic) bond motifs is 1. The van der Waals surface area contributed by atoms with Crippen molar-refractivity contribution in [3.05, 3.63) is 70.5 Å². The van der Waals surface area contributed by atoms with Crippen molar-refractivity contribution in [2.75, 3.05) is 7.05 Å². The molecule has 0 amide bonds. The number of nitrogens with one attached hydrogen (secondary N) is 1. The van der Waals surface area contributed by atoms with Crippen LogP contribution in [0.2, 0.25) is 0 Å². The van der Waals surface area contributed by atoms with Gasteiger partial charge >= 0.3 is 0 Å². The van der Waals surface area contributed by atoms with E-state index in [1.807, 2.05) is 19.2 Å². The van der Waals surface area contributed by atoms with Crippen molar-refractivity contribution in [3.8, 4) is 0 Å². The summed E-state index contributed by atoms with van der Waals surface area (Å²) < 4.78 is 13.8. The Balaban J connectivity index is 1.97. The molecule has 0 radical (unpaired) electrons. The topological polar surface area (TPSA) is 12.0 Å². The molecule has 2 aromatic carbocycles. The number of hydrogen-bond donors (Lipinski definition) is 1. The molecule has 2 heteroatoms. The molecule has 1 N–H and O–H groups in total. The van der Waals surface area contributed by atoms with Gasteiger partial charge in [0.15, 0.2) is 0 Å². The third-order valence-corrected chi connectivity index (χ3v) is 4.45. The van der Waals surface area contributed by atoms with Crippen LogP contribution in [0, 0.1) is 12.7 Å². The molecule has 0 bridgehead atoms. The quantitative estimate of drug-likeness (QED) is 0.883. The summed E-state index contributed by atoms with van der Waals surface area (Å²) in [7, 11) is 1.96. The lowest BCUT2D eigenvalue weighted by Crippen LogP contribution is -2.23. The minimum Gasteiger partial charge on any atom is -0.312 e. The van der Waals surface area contributed by atoms with E-state index in [2.05, 4.69) is 29.6 Å². The average molecular weight is 269 g/mol. The van der Waals surface area contributed by atoms with Crippen molar-refractivity contribution < 1.29 is 4.39 Å². The fourth-order valence-corrected chi connectivity index (χ4v) is 3.34. The van der Waals surface area contributed by atoms with Gasteiger partial charge in [-0.25, -0.2) is 4.39 Å². The highest BCUT2D eigenvalue weighted by atomic mass is 19.1. The Morgan fingerprint density at radius 1 is 1.20 bits per heavy atom. The van der Waals surface area contributed by atoms with Crippen LogP contribution in [0.25, 0.3) is 0 Å². The molecule has 2 atom stereocenters. The van der Waals surface area contributed by atoms with Crippen LogP contribution in [0.3, 0.4) is 0 Å². The summed E-state index contributed by atoms with van der Waals surface area (Å²) in [6, 6.07) is 14.4. The zero-order chi connectivity index (χ0) is 14.1. The van der Waals surface area contributed by atoms with Crippen LogP contribution in [0.15, 0.2) is 42.5 Å². The summed E-state index contributed by atoms with van der Waals surface area (Å²) in [6.07, 6.45) is 2.24. The van der Waals surface area contributed by atoms with Gasteiger partial charge in [-0.05, 0) is 55.1 Å². The second-order valence-corrected chi connectivity index (χ2v) is 5.62. The molecule has 0 heterocycles. The maximum atomic E-state index is 13.8. The molecular weight excluding hydrogens is 249 g/mol. The number of hydrogen-bond acceptors (Lipinski definition) is 1. The standard InChI is InChI=1S/C18H20FN/c1-12-7-8-14(11-17(12)19)18(20-2)16-10-9-13-5-3-4-6-15(13)16/h3-8,11,16,18,20H,9-10H2,1-2H3. The lowest BCUT2D eigenvalue weighted by atomic mass is 9.88. The molecule has 0 aliphatic heterocycles. The Kier molecular flexibility index (Phi) is 3.58. The second-order valence-electron chi connectivity index (χ2n) is 5.62. The first-order valence-electron chi connectivity index (χ1n) is 7.22. The summed E-state index contributed by atoms with van der Waals surface area (Å²) in [5.41, 5.74) is 4.59. The number of aryl methyl sites for hydroxylation is 2. The lowest BCUT2D eigenvalue weighted by molar-refractivity contribution is 0.473. The van der Waals surface area contributed by atoms with Gasteiger partial charge in [0, 0.05) is 12.0 Å². The molecule has 0 spiro atoms. The molecule has 0 saturated carbocycles. The van der Waals surface area contributed by atoms with Crippen molar-refractivity contribution in [1.82, 2.24) is 5.32 Å². The van der Waals surface area contributed by atoms with Crippen LogP contribution < -0.4 is 5.32 Å². The Morgan fingerprint density at radius 3 is 2.75 bits per heavy atom. The van der Waals surface area contributed by atoms with Crippen molar-refractivity contribution in [2.24, 2.45) is 0 Å². The monoisotopic (exact) mass is 269 g/mol. The largest absolute Gasteiger partial charge is 0.312 e. The van der Waals surface area contributed by atoms with Crippen molar-refractivity contribution in [1.29, 1.82) is 0 Å². The van der Waals surface area contributed by atoms with Gasteiger partial charge in [0.2, 0.25) is 0 Å². The van der Waals surface area contributed by atoms with E-state index >= 15 is 0 Å². The molecule has 0 aromatic heterocycles. The Bertz CT molecular complexity index is 621. The summed E-state index contributed by atoms with van der Waals surface area (Å²) in [4.78, 5) is 0. The van der Waals surface area contributed by atoms with E-state index in [0.29, 0.717) is 11.5 Å².